The minimum atomic E-state index is -0.432. The number of hydrogen-bond acceptors (Lipinski definition) is 3. The fourth-order valence-electron chi connectivity index (χ4n) is 0.581. The number of ether oxygens (including phenoxy) is 1. The number of nitriles is 1. The standard InChI is InChI=1S/C8H14N2O2/c1-2-3-7-12-8(11)10-6-4-5-9/h2-4,6-7H2,1H3,(H,10,11). The highest BCUT2D eigenvalue weighted by Gasteiger charge is 1.98. The summed E-state index contributed by atoms with van der Waals surface area (Å²) >= 11 is 0. The van der Waals surface area contributed by atoms with Crippen molar-refractivity contribution in [3.63, 3.8) is 0 Å². The van der Waals surface area contributed by atoms with Gasteiger partial charge in [-0.05, 0) is 6.42 Å². The molecule has 0 saturated carbocycles. The molecule has 0 spiro atoms. The average Bonchev–Trinajstić information content (AvgIpc) is 2.06. The van der Waals surface area contributed by atoms with E-state index in [1.54, 1.807) is 0 Å². The van der Waals surface area contributed by atoms with Gasteiger partial charge < -0.3 is 10.1 Å². The molecule has 0 bridgehead atoms. The molecule has 0 aromatic carbocycles. The van der Waals surface area contributed by atoms with Crippen LogP contribution >= 0.6 is 0 Å². The van der Waals surface area contributed by atoms with Crippen molar-refractivity contribution in [2.75, 3.05) is 13.2 Å². The molecule has 4 nitrogen and oxygen atoms in total. The zero-order valence-electron chi connectivity index (χ0n) is 7.30. The van der Waals surface area contributed by atoms with Crippen LogP contribution in [0.5, 0.6) is 0 Å². The summed E-state index contributed by atoms with van der Waals surface area (Å²) in [5, 5.41) is 10.6. The Morgan fingerprint density at radius 2 is 2.42 bits per heavy atom. The van der Waals surface area contributed by atoms with Crippen molar-refractivity contribution >= 4 is 6.09 Å². The summed E-state index contributed by atoms with van der Waals surface area (Å²) < 4.78 is 4.77. The number of amides is 1. The van der Waals surface area contributed by atoms with E-state index in [0.717, 1.165) is 12.8 Å². The Bertz CT molecular complexity index is 163. The van der Waals surface area contributed by atoms with Crippen molar-refractivity contribution in [3.05, 3.63) is 0 Å². The molecule has 4 heteroatoms. The number of nitrogens with one attached hydrogen (secondary N) is 1. The van der Waals surface area contributed by atoms with Crippen LogP contribution in [0.15, 0.2) is 0 Å². The van der Waals surface area contributed by atoms with Gasteiger partial charge in [0.25, 0.3) is 0 Å². The fourth-order valence-corrected chi connectivity index (χ4v) is 0.581. The third-order valence-corrected chi connectivity index (χ3v) is 1.24. The summed E-state index contributed by atoms with van der Waals surface area (Å²) in [6.07, 6.45) is 1.78. The third kappa shape index (κ3) is 6.87. The van der Waals surface area contributed by atoms with Crippen LogP contribution in [0.3, 0.4) is 0 Å². The lowest BCUT2D eigenvalue weighted by Gasteiger charge is -2.03. The summed E-state index contributed by atoms with van der Waals surface area (Å²) in [5.41, 5.74) is 0. The lowest BCUT2D eigenvalue weighted by Crippen LogP contribution is -2.25. The molecule has 0 aliphatic carbocycles. The molecule has 68 valence electrons. The first-order chi connectivity index (χ1) is 5.81. The van der Waals surface area contributed by atoms with E-state index in [9.17, 15) is 4.79 Å². The lowest BCUT2D eigenvalue weighted by molar-refractivity contribution is 0.145. The maximum atomic E-state index is 10.7. The first kappa shape index (κ1) is 10.8. The number of alkyl carbamates (subject to hydrolysis) is 1. The van der Waals surface area contributed by atoms with Crippen molar-refractivity contribution in [3.8, 4) is 6.07 Å². The van der Waals surface area contributed by atoms with Crippen LogP contribution < -0.4 is 5.32 Å². The number of carbonyl (C=O) groups excluding carboxylic acids is 1. The number of unbranched alkanes of at least 4 members (excludes halogenated alkanes) is 1. The van der Waals surface area contributed by atoms with E-state index in [1.807, 2.05) is 13.0 Å². The molecule has 0 fully saturated rings. The molecule has 0 aromatic rings. The molecule has 0 unspecified atom stereocenters. The molecule has 1 N–H and O–H groups in total. The van der Waals surface area contributed by atoms with Crippen molar-refractivity contribution < 1.29 is 9.53 Å². The van der Waals surface area contributed by atoms with Crippen LogP contribution in [-0.4, -0.2) is 19.2 Å². The van der Waals surface area contributed by atoms with Crippen LogP contribution in [-0.2, 0) is 4.74 Å². The van der Waals surface area contributed by atoms with Gasteiger partial charge in [-0.25, -0.2) is 4.79 Å². The van der Waals surface area contributed by atoms with Gasteiger partial charge in [-0.15, -0.1) is 0 Å². The number of hydrogen-bond donors (Lipinski definition) is 1. The Kier molecular flexibility index (Phi) is 7.05. The van der Waals surface area contributed by atoms with Crippen LogP contribution in [0.25, 0.3) is 0 Å². The highest BCUT2D eigenvalue weighted by molar-refractivity contribution is 5.67. The second kappa shape index (κ2) is 7.86. The molecule has 0 heterocycles. The summed E-state index contributed by atoms with van der Waals surface area (Å²) in [4.78, 5) is 10.7. The Hall–Kier alpha value is -1.24. The molecular formula is C8H14N2O2. The summed E-state index contributed by atoms with van der Waals surface area (Å²) in [6.45, 7) is 2.84. The fraction of sp³-hybridized carbons (Fsp3) is 0.750. The molecule has 0 aliphatic heterocycles. The second-order valence-electron chi connectivity index (χ2n) is 2.32. The minimum Gasteiger partial charge on any atom is -0.450 e. The van der Waals surface area contributed by atoms with Gasteiger partial charge in [0.05, 0.1) is 19.1 Å². The summed E-state index contributed by atoms with van der Waals surface area (Å²) in [6, 6.07) is 1.92. The number of nitrogens with zero attached hydrogens (tertiary/aromatic N) is 1. The highest BCUT2D eigenvalue weighted by Crippen LogP contribution is 1.88. The van der Waals surface area contributed by atoms with Gasteiger partial charge in [0.2, 0.25) is 0 Å². The number of rotatable bonds is 5. The highest BCUT2D eigenvalue weighted by atomic mass is 16.5. The largest absolute Gasteiger partial charge is 0.450 e. The zero-order valence-corrected chi connectivity index (χ0v) is 7.30. The van der Waals surface area contributed by atoms with E-state index in [4.69, 9.17) is 10.00 Å². The van der Waals surface area contributed by atoms with E-state index < -0.39 is 6.09 Å². The topological polar surface area (TPSA) is 62.1 Å². The van der Waals surface area contributed by atoms with Gasteiger partial charge in [-0.2, -0.15) is 5.26 Å². The third-order valence-electron chi connectivity index (χ3n) is 1.24. The predicted octanol–water partition coefficient (Wildman–Crippen LogP) is 1.43. The van der Waals surface area contributed by atoms with Gasteiger partial charge in [-0.1, -0.05) is 13.3 Å². The molecule has 0 saturated heterocycles. The van der Waals surface area contributed by atoms with Crippen LogP contribution in [0.1, 0.15) is 26.2 Å². The molecule has 12 heavy (non-hydrogen) atoms. The van der Waals surface area contributed by atoms with E-state index in [2.05, 4.69) is 5.32 Å². The summed E-state index contributed by atoms with van der Waals surface area (Å²) in [5.74, 6) is 0. The average molecular weight is 170 g/mol. The van der Waals surface area contributed by atoms with E-state index in [-0.39, 0.29) is 0 Å². The van der Waals surface area contributed by atoms with Crippen molar-refractivity contribution in [2.24, 2.45) is 0 Å². The molecule has 0 rings (SSSR count). The van der Waals surface area contributed by atoms with E-state index in [1.165, 1.54) is 0 Å². The molecule has 1 amide bonds. The van der Waals surface area contributed by atoms with Gasteiger partial charge in [0.15, 0.2) is 0 Å². The Balaban J connectivity index is 3.17. The van der Waals surface area contributed by atoms with Crippen LogP contribution in [0.2, 0.25) is 0 Å². The molecular weight excluding hydrogens is 156 g/mol. The zero-order chi connectivity index (χ0) is 9.23. The Morgan fingerprint density at radius 3 is 3.00 bits per heavy atom. The quantitative estimate of drug-likeness (QED) is 0.635. The second-order valence-corrected chi connectivity index (χ2v) is 2.32. The monoisotopic (exact) mass is 170 g/mol. The number of carbonyl (C=O) groups is 1. The minimum absolute atomic E-state index is 0.322. The van der Waals surface area contributed by atoms with Crippen LogP contribution in [0.4, 0.5) is 4.79 Å². The first-order valence-corrected chi connectivity index (χ1v) is 4.08. The van der Waals surface area contributed by atoms with Crippen molar-refractivity contribution in [1.82, 2.24) is 5.32 Å². The molecule has 0 radical (unpaired) electrons. The Labute approximate surface area is 72.5 Å². The maximum absolute atomic E-state index is 10.7. The Morgan fingerprint density at radius 1 is 1.67 bits per heavy atom. The van der Waals surface area contributed by atoms with E-state index in [0.29, 0.717) is 19.6 Å². The maximum Gasteiger partial charge on any atom is 0.407 e. The van der Waals surface area contributed by atoms with Gasteiger partial charge in [0, 0.05) is 6.54 Å². The van der Waals surface area contributed by atoms with Gasteiger partial charge in [0.1, 0.15) is 0 Å². The molecule has 0 atom stereocenters. The lowest BCUT2D eigenvalue weighted by atomic mass is 10.4. The van der Waals surface area contributed by atoms with Gasteiger partial charge >= 0.3 is 6.09 Å². The SMILES string of the molecule is CCCCOC(=O)NCCC#N. The van der Waals surface area contributed by atoms with Crippen molar-refractivity contribution in [2.45, 2.75) is 26.2 Å². The molecule has 0 aromatic heterocycles. The normalized spacial score (nSPS) is 8.67. The molecule has 0 aliphatic rings. The smallest absolute Gasteiger partial charge is 0.407 e. The summed E-state index contributed by atoms with van der Waals surface area (Å²) in [7, 11) is 0. The van der Waals surface area contributed by atoms with Gasteiger partial charge in [-0.3, -0.25) is 0 Å². The van der Waals surface area contributed by atoms with Crippen LogP contribution in [0, 0.1) is 11.3 Å². The van der Waals surface area contributed by atoms with Crippen molar-refractivity contribution in [1.29, 1.82) is 5.26 Å². The predicted molar refractivity (Wildman–Crippen MR) is 44.5 cm³/mol. The first-order valence-electron chi connectivity index (χ1n) is 4.08. The van der Waals surface area contributed by atoms with E-state index >= 15 is 0 Å².